The van der Waals surface area contributed by atoms with Crippen molar-refractivity contribution in [2.75, 3.05) is 134 Å². The van der Waals surface area contributed by atoms with Gasteiger partial charge in [-0.15, -0.1) is 0 Å². The van der Waals surface area contributed by atoms with Crippen molar-refractivity contribution in [3.63, 3.8) is 0 Å². The topological polar surface area (TPSA) is 340 Å². The third kappa shape index (κ3) is 23.6. The summed E-state index contributed by atoms with van der Waals surface area (Å²) in [5.41, 5.74) is 5.42. The molecule has 10 atom stereocenters. The van der Waals surface area contributed by atoms with Crippen LogP contribution in [0.5, 0.6) is 28.7 Å². The normalized spacial score (nSPS) is 22.4. The zero-order valence-corrected chi connectivity index (χ0v) is 99.5. The van der Waals surface area contributed by atoms with Crippen molar-refractivity contribution in [2.24, 2.45) is 0 Å². The summed E-state index contributed by atoms with van der Waals surface area (Å²) in [6, 6.07) is 0.0962. The highest BCUT2D eigenvalue weighted by Gasteiger charge is 2.51. The number of amides is 1. The fourth-order valence-corrected chi connectivity index (χ4v) is 29.0. The van der Waals surface area contributed by atoms with Gasteiger partial charge in [0.1, 0.15) is 22.8 Å². The average molecular weight is 2600 g/mol. The van der Waals surface area contributed by atoms with Gasteiger partial charge in [0.15, 0.2) is 74.2 Å². The quantitative estimate of drug-likeness (QED) is 0.0137. The first-order chi connectivity index (χ1) is 65.1. The van der Waals surface area contributed by atoms with E-state index >= 15 is 0 Å². The molecule has 1 amide bonds. The molecule has 0 saturated carbocycles. The first-order valence-electron chi connectivity index (χ1n) is 49.0. The largest absolute Gasteiger partial charge is 0.491 e. The molecule has 0 aromatic carbocycles. The Balaban J connectivity index is 0.000000166. The van der Waals surface area contributed by atoms with Crippen LogP contribution in [0.1, 0.15) is 351 Å². The van der Waals surface area contributed by atoms with Crippen molar-refractivity contribution in [3.8, 4) is 28.7 Å². The van der Waals surface area contributed by atoms with E-state index in [0.29, 0.717) is 98.9 Å². The van der Waals surface area contributed by atoms with Gasteiger partial charge >= 0.3 is 0 Å². The van der Waals surface area contributed by atoms with Crippen LogP contribution in [0.25, 0.3) is 0 Å². The number of pyridine rings is 5. The molecule has 0 bridgehead atoms. The van der Waals surface area contributed by atoms with Crippen LogP contribution < -0.4 is 50.8 Å². The highest BCUT2D eigenvalue weighted by atomic mass is 127. The first-order valence-corrected chi connectivity index (χ1v) is 62.9. The minimum atomic E-state index is -3.63. The lowest BCUT2D eigenvalue weighted by Gasteiger charge is -2.37. The number of carbonyl (C=O) groups is 5. The maximum atomic E-state index is 13.3. The van der Waals surface area contributed by atoms with Gasteiger partial charge < -0.3 is 65.4 Å². The van der Waals surface area contributed by atoms with Gasteiger partial charge in [-0.2, -0.15) is 8.42 Å². The van der Waals surface area contributed by atoms with E-state index in [1.54, 1.807) is 0 Å². The Labute approximate surface area is 892 Å². The van der Waals surface area contributed by atoms with Gasteiger partial charge in [0, 0.05) is 44.5 Å². The lowest BCUT2D eigenvalue weighted by Crippen LogP contribution is -2.44. The van der Waals surface area contributed by atoms with E-state index in [1.165, 1.54) is 61.2 Å². The van der Waals surface area contributed by atoms with Crippen molar-refractivity contribution < 1.29 is 74.2 Å². The van der Waals surface area contributed by atoms with Crippen LogP contribution in [-0.2, 0) is 23.2 Å². The van der Waals surface area contributed by atoms with E-state index in [2.05, 4.69) is 203 Å². The number of aliphatic hydroxyl groups is 1. The number of methoxy groups -OCH3 is 5. The number of likely N-dealkylation sites (tertiary alicyclic amines) is 4. The minimum Gasteiger partial charge on any atom is -0.491 e. The highest BCUT2D eigenvalue weighted by molar-refractivity contribution is 14.1. The fraction of sp³-hybridized carbons (Fsp3) is 0.694. The Kier molecular flexibility index (Phi) is 40.1. The second-order valence-corrected chi connectivity index (χ2v) is 58.5. The summed E-state index contributed by atoms with van der Waals surface area (Å²) in [4.78, 5) is 141. The number of alkyl halides is 1. The highest BCUT2D eigenvalue weighted by Crippen LogP contribution is 2.52. The maximum Gasteiger partial charge on any atom is 0.274 e. The van der Waals surface area contributed by atoms with Crippen LogP contribution in [0, 0.1) is 17.9 Å². The molecule has 0 aliphatic carbocycles. The zero-order chi connectivity index (χ0) is 102. The predicted molar refractivity (Wildman–Crippen MR) is 587 cm³/mol. The summed E-state index contributed by atoms with van der Waals surface area (Å²) in [5, 5.41) is 10.2. The fourth-order valence-electron chi connectivity index (χ4n) is 20.9. The van der Waals surface area contributed by atoms with Gasteiger partial charge in [-0.25, -0.2) is 0 Å². The van der Waals surface area contributed by atoms with Gasteiger partial charge in [0.2, 0.25) is 27.1 Å². The zero-order valence-electron chi connectivity index (χ0n) is 84.3. The molecule has 15 rings (SSSR count). The number of aromatic nitrogens is 5. The van der Waals surface area contributed by atoms with Crippen LogP contribution in [0.4, 0.5) is 0 Å². The van der Waals surface area contributed by atoms with Crippen LogP contribution in [-0.4, -0.2) is 240 Å². The molecule has 768 valence electrons. The van der Waals surface area contributed by atoms with E-state index in [0.717, 1.165) is 158 Å². The van der Waals surface area contributed by atoms with Crippen LogP contribution >= 0.6 is 129 Å². The third-order valence-electron chi connectivity index (χ3n) is 29.8. The monoisotopic (exact) mass is 2600 g/mol. The molecule has 10 aliphatic rings. The second-order valence-electron chi connectivity index (χ2n) is 40.7. The molecule has 0 radical (unpaired) electrons. The Morgan fingerprint density at radius 3 is 0.964 bits per heavy atom. The number of likely N-dealkylation sites (N-methyl/N-ethyl adjacent to an activating group) is 1. The van der Waals surface area contributed by atoms with Gasteiger partial charge in [-0.1, -0.05) is 85.2 Å². The molecule has 1 N–H and O–H groups in total. The van der Waals surface area contributed by atoms with Gasteiger partial charge in [0.05, 0.1) is 168 Å². The van der Waals surface area contributed by atoms with Crippen LogP contribution in [0.15, 0.2) is 24.0 Å². The molecule has 5 aromatic heterocycles. The molecule has 4 fully saturated rings. The van der Waals surface area contributed by atoms with E-state index in [-0.39, 0.29) is 180 Å². The molecule has 40 heteroatoms. The molecule has 4 saturated heterocycles. The van der Waals surface area contributed by atoms with Gasteiger partial charge in [-0.05, 0) is 318 Å². The summed E-state index contributed by atoms with van der Waals surface area (Å²) >= 11 is 14.2. The lowest BCUT2D eigenvalue weighted by molar-refractivity contribution is 0.0672. The number of aliphatic hydroxyl groups excluding tert-OH is 1. The first kappa shape index (κ1) is 114. The number of rotatable bonds is 32. The van der Waals surface area contributed by atoms with Crippen molar-refractivity contribution in [1.29, 1.82) is 0 Å². The Hall–Kier alpha value is -3.91. The number of ether oxygens (including phenoxy) is 5. The second kappa shape index (κ2) is 48.4. The maximum absolute atomic E-state index is 13.3. The number of carbonyl (C=O) groups excluding carboxylic acids is 5. The third-order valence-corrected chi connectivity index (χ3v) is 45.3. The molecule has 10 aliphatic heterocycles. The number of halogens is 6. The summed E-state index contributed by atoms with van der Waals surface area (Å²) < 4.78 is 81.7. The van der Waals surface area contributed by atoms with E-state index < -0.39 is 26.8 Å². The van der Waals surface area contributed by atoms with Crippen molar-refractivity contribution in [2.45, 2.75) is 306 Å². The van der Waals surface area contributed by atoms with E-state index in [4.69, 9.17) is 36.7 Å². The Morgan fingerprint density at radius 2 is 0.674 bits per heavy atom. The number of fused-ring (bicyclic) bond motifs is 4. The standard InChI is InChI=1S/C24H39IN2O4Si.C20H31BrINO4Si.C19H27IN2O6S.C18H25IN2O4.C17H22IN3O3/c1-8-11-18(28)21-23(30-5)22(29)19(25)20-17(26-12-9-10-13-26)14-16(27(20)21)15-31-32(6,7)24(2,3)4;1-8-9-14(24)17-19(26-5)18(25)15(22)16-13(21)10-12(23(16)17)11-27-28(6,7)20(2,3)4;1-4-7-14(23)17-19(27-2)18(24)15(20)16-13(21-8-5-6-9-21)10-12(22(16)17)11-28-29(3,25)26;1-3-6-13(23)16-18(25-2)17(24)14(19)15-12(20-7-4-5-8-20)9-11(10-22)21(15)16;1-3-19-9-10-8-11(20-6-4-5-7-20)13-12(18)15(22)16(24-2)14(17(19)23)21(10)13/h16-17H,8-15H2,1-7H3;12-13H,8-11H2,1-7H3;12-13H,4-11H2,1-3H3;11-12,22H,3-10H2,1-2H3;10-11H,3-9H2,1-2H3/t16-,17+;12-,13-;12-,13+;11-,12+;10-,11+/m00000/s1. The van der Waals surface area contributed by atoms with Crippen LogP contribution in [0.2, 0.25) is 36.3 Å². The minimum absolute atomic E-state index is 0.00711. The summed E-state index contributed by atoms with van der Waals surface area (Å²) in [7, 11) is -0.263. The average Bonchev–Trinajstić information content (AvgIpc) is 1.58. The Bertz CT molecular complexity index is 5770. The van der Waals surface area contributed by atoms with E-state index in [9.17, 15) is 61.5 Å². The van der Waals surface area contributed by atoms with Gasteiger partial charge in [0.25, 0.3) is 16.0 Å². The number of ketones is 4. The van der Waals surface area contributed by atoms with E-state index in [1.807, 2.05) is 75.8 Å². The van der Waals surface area contributed by atoms with Crippen LogP contribution in [0.3, 0.4) is 0 Å². The molecule has 138 heavy (non-hydrogen) atoms. The Morgan fingerprint density at radius 1 is 0.406 bits per heavy atom. The molecule has 0 spiro atoms. The molecule has 15 heterocycles. The molecular formula is C98H144BrI5N10O21SSi2. The number of hydrogen-bond donors (Lipinski definition) is 1. The number of Topliss-reactive ketones (excluding diaryl/α,β-unsaturated/α-hetero) is 4. The molecular weight excluding hydrogens is 2460 g/mol. The van der Waals surface area contributed by atoms with Crippen molar-refractivity contribution >= 4 is 185 Å². The summed E-state index contributed by atoms with van der Waals surface area (Å²) in [6.07, 6.45) is 18.4. The number of nitrogens with zero attached hydrogens (tertiary/aromatic N) is 10. The number of hydrogen-bond acceptors (Lipinski definition) is 25. The SMILES string of the molecule is CCCC(=O)c1c(OC)c(=O)c(I)c2n1[C@H](CO)C[C@H]2N1CCCC1.CCCC(=O)c1c(OC)c(=O)c(I)c2n1[C@H](COS(C)(=O)=O)C[C@H]2N1CCCC1.CCCC(=O)c1c(OC)c(=O)c(I)c2n1[C@H](CO[Si](C)(C)C(C)(C)C)C[C@@H]2Br.CCCC(=O)c1c(OC)c(=O)c(I)c2n1[C@H](CO[Si](C)(C)C(C)(C)C)C[C@H]2N1CCCC1.CCN1C[C@@H]2C[C@@H](N3CCCC3)c3c(I)c(=O)c(OC)c(n32)C1=O. The smallest absolute Gasteiger partial charge is 0.274 e. The van der Waals surface area contributed by atoms with Gasteiger partial charge in [-0.3, -0.25) is 71.7 Å². The lowest BCUT2D eigenvalue weighted by atomic mass is 10.1. The summed E-state index contributed by atoms with van der Waals surface area (Å²) in [6.45, 7) is 42.5. The molecule has 5 aromatic rings. The molecule has 31 nitrogen and oxygen atoms in total. The summed E-state index contributed by atoms with van der Waals surface area (Å²) in [5.74, 6) is 0.296. The van der Waals surface area contributed by atoms with Crippen molar-refractivity contribution in [1.82, 2.24) is 47.3 Å². The predicted octanol–water partition coefficient (Wildman–Crippen LogP) is 18.4. The van der Waals surface area contributed by atoms with Crippen molar-refractivity contribution in [3.05, 3.63) is 126 Å². The molecule has 0 unspecified atom stereocenters.